The number of hydrogen-bond donors (Lipinski definition) is 2. The number of carboxylic acids is 1. The zero-order valence-electron chi connectivity index (χ0n) is 6.32. The van der Waals surface area contributed by atoms with E-state index in [0.717, 1.165) is 0 Å². The van der Waals surface area contributed by atoms with Gasteiger partial charge in [0, 0.05) is 6.04 Å². The molecule has 60 valence electrons. The van der Waals surface area contributed by atoms with Gasteiger partial charge in [0.15, 0.2) is 0 Å². The molecule has 0 aliphatic heterocycles. The lowest BCUT2D eigenvalue weighted by Gasteiger charge is -2.11. The molecular weight excluding hydrogens is 142 g/mol. The minimum absolute atomic E-state index is 0.0844. The number of hydrogen-bond acceptors (Lipinski definition) is 2. The van der Waals surface area contributed by atoms with E-state index in [0.29, 0.717) is 0 Å². The molecule has 11 heavy (non-hydrogen) atoms. The second-order valence-electron chi connectivity index (χ2n) is 2.52. The zero-order chi connectivity index (χ0) is 8.27. The van der Waals surface area contributed by atoms with Crippen LogP contribution in [-0.4, -0.2) is 23.2 Å². The van der Waals surface area contributed by atoms with E-state index in [2.05, 4.69) is 5.32 Å². The van der Waals surface area contributed by atoms with E-state index >= 15 is 0 Å². The molecule has 0 aromatic heterocycles. The average Bonchev–Trinajstić information content (AvgIpc) is 2.39. The second kappa shape index (κ2) is 3.34. The molecule has 0 aromatic carbocycles. The van der Waals surface area contributed by atoms with Crippen molar-refractivity contribution in [1.82, 2.24) is 5.32 Å². The highest BCUT2D eigenvalue weighted by atomic mass is 16.4. The summed E-state index contributed by atoms with van der Waals surface area (Å²) in [5.74, 6) is -0.821. The van der Waals surface area contributed by atoms with Gasteiger partial charge in [0.25, 0.3) is 0 Å². The maximum atomic E-state index is 10.4. The van der Waals surface area contributed by atoms with Gasteiger partial charge in [-0.15, -0.1) is 0 Å². The van der Waals surface area contributed by atoms with Crippen LogP contribution in [0.2, 0.25) is 0 Å². The van der Waals surface area contributed by atoms with Crippen LogP contribution in [0.1, 0.15) is 6.92 Å². The molecule has 1 aliphatic rings. The van der Waals surface area contributed by atoms with Crippen molar-refractivity contribution in [1.29, 1.82) is 0 Å². The molecule has 3 heteroatoms. The molecule has 0 heterocycles. The number of aliphatic carboxylic acids is 1. The fourth-order valence-corrected chi connectivity index (χ4v) is 0.903. The quantitative estimate of drug-likeness (QED) is 0.622. The van der Waals surface area contributed by atoms with Gasteiger partial charge in [0.05, 0.1) is 0 Å². The Balaban J connectivity index is 2.36. The molecule has 1 rings (SSSR count). The van der Waals surface area contributed by atoms with Gasteiger partial charge in [-0.05, 0) is 6.92 Å². The van der Waals surface area contributed by atoms with Crippen LogP contribution in [-0.2, 0) is 4.79 Å². The SMILES string of the molecule is C[C@H](NC1C=CC=C1)C(=O)O. The highest BCUT2D eigenvalue weighted by Gasteiger charge is 2.13. The molecule has 0 amide bonds. The van der Waals surface area contributed by atoms with Crippen molar-refractivity contribution in [3.8, 4) is 0 Å². The van der Waals surface area contributed by atoms with Gasteiger partial charge in [-0.2, -0.15) is 0 Å². The summed E-state index contributed by atoms with van der Waals surface area (Å²) >= 11 is 0. The first-order chi connectivity index (χ1) is 5.20. The molecular formula is C8H11NO2. The fraction of sp³-hybridized carbons (Fsp3) is 0.375. The first-order valence-electron chi connectivity index (χ1n) is 3.54. The monoisotopic (exact) mass is 153 g/mol. The first kappa shape index (κ1) is 8.01. The maximum Gasteiger partial charge on any atom is 0.320 e. The summed E-state index contributed by atoms with van der Waals surface area (Å²) in [6.07, 6.45) is 7.62. The minimum Gasteiger partial charge on any atom is -0.480 e. The molecule has 0 spiro atoms. The molecule has 0 saturated heterocycles. The lowest BCUT2D eigenvalue weighted by atomic mass is 10.2. The smallest absolute Gasteiger partial charge is 0.320 e. The summed E-state index contributed by atoms with van der Waals surface area (Å²) in [7, 11) is 0. The van der Waals surface area contributed by atoms with Crippen LogP contribution >= 0.6 is 0 Å². The summed E-state index contributed by atoms with van der Waals surface area (Å²) in [5.41, 5.74) is 0. The number of carbonyl (C=O) groups is 1. The minimum atomic E-state index is -0.821. The van der Waals surface area contributed by atoms with Crippen LogP contribution in [0.15, 0.2) is 24.3 Å². The third-order valence-electron chi connectivity index (χ3n) is 1.56. The van der Waals surface area contributed by atoms with Crippen molar-refractivity contribution in [2.45, 2.75) is 19.0 Å². The number of nitrogens with one attached hydrogen (secondary N) is 1. The number of rotatable bonds is 3. The average molecular weight is 153 g/mol. The number of carboxylic acid groups (broad SMARTS) is 1. The maximum absolute atomic E-state index is 10.4. The van der Waals surface area contributed by atoms with E-state index in [1.165, 1.54) is 0 Å². The normalized spacial score (nSPS) is 19.0. The summed E-state index contributed by atoms with van der Waals surface area (Å²) in [5, 5.41) is 11.4. The molecule has 0 fully saturated rings. The van der Waals surface area contributed by atoms with Crippen LogP contribution in [0, 0.1) is 0 Å². The Morgan fingerprint density at radius 2 is 2.09 bits per heavy atom. The summed E-state index contributed by atoms with van der Waals surface area (Å²) < 4.78 is 0. The number of allylic oxidation sites excluding steroid dienone is 2. The Bertz CT molecular complexity index is 196. The van der Waals surface area contributed by atoms with Crippen LogP contribution in [0.3, 0.4) is 0 Å². The molecule has 0 unspecified atom stereocenters. The third kappa shape index (κ3) is 2.20. The summed E-state index contributed by atoms with van der Waals surface area (Å²) in [6, 6.07) is -0.409. The Kier molecular flexibility index (Phi) is 2.44. The van der Waals surface area contributed by atoms with E-state index < -0.39 is 12.0 Å². The third-order valence-corrected chi connectivity index (χ3v) is 1.56. The van der Waals surface area contributed by atoms with Crippen LogP contribution in [0.4, 0.5) is 0 Å². The lowest BCUT2D eigenvalue weighted by molar-refractivity contribution is -0.139. The van der Waals surface area contributed by atoms with Gasteiger partial charge in [-0.25, -0.2) is 0 Å². The van der Waals surface area contributed by atoms with E-state index in [1.54, 1.807) is 6.92 Å². The van der Waals surface area contributed by atoms with Crippen molar-refractivity contribution in [3.05, 3.63) is 24.3 Å². The first-order valence-corrected chi connectivity index (χ1v) is 3.54. The molecule has 3 nitrogen and oxygen atoms in total. The fourth-order valence-electron chi connectivity index (χ4n) is 0.903. The van der Waals surface area contributed by atoms with E-state index in [4.69, 9.17) is 5.11 Å². The van der Waals surface area contributed by atoms with E-state index in [1.807, 2.05) is 24.3 Å². The van der Waals surface area contributed by atoms with E-state index in [-0.39, 0.29) is 6.04 Å². The van der Waals surface area contributed by atoms with Gasteiger partial charge < -0.3 is 5.11 Å². The summed E-state index contributed by atoms with van der Waals surface area (Å²) in [6.45, 7) is 1.63. The van der Waals surface area contributed by atoms with Gasteiger partial charge in [-0.3, -0.25) is 10.1 Å². The predicted octanol–water partition coefficient (Wildman–Crippen LogP) is 0.544. The molecule has 1 aliphatic carbocycles. The Labute approximate surface area is 65.4 Å². The van der Waals surface area contributed by atoms with Crippen molar-refractivity contribution in [2.75, 3.05) is 0 Å². The predicted molar refractivity (Wildman–Crippen MR) is 42.3 cm³/mol. The molecule has 0 radical (unpaired) electrons. The molecule has 0 bridgehead atoms. The Morgan fingerprint density at radius 3 is 2.55 bits per heavy atom. The lowest BCUT2D eigenvalue weighted by Crippen LogP contribution is -2.38. The Hall–Kier alpha value is -1.09. The highest BCUT2D eigenvalue weighted by molar-refractivity contribution is 5.73. The molecule has 1 atom stereocenters. The molecule has 2 N–H and O–H groups in total. The Morgan fingerprint density at radius 1 is 1.55 bits per heavy atom. The topological polar surface area (TPSA) is 49.3 Å². The van der Waals surface area contributed by atoms with Crippen LogP contribution < -0.4 is 5.32 Å². The second-order valence-corrected chi connectivity index (χ2v) is 2.52. The molecule has 0 saturated carbocycles. The largest absolute Gasteiger partial charge is 0.480 e. The standard InChI is InChI=1S/C8H11NO2/c1-6(8(10)11)9-7-4-2-3-5-7/h2-7,9H,1H3,(H,10,11)/t6-/m0/s1. The zero-order valence-corrected chi connectivity index (χ0v) is 6.32. The van der Waals surface area contributed by atoms with Crippen molar-refractivity contribution in [2.24, 2.45) is 0 Å². The van der Waals surface area contributed by atoms with Crippen molar-refractivity contribution < 1.29 is 9.90 Å². The van der Waals surface area contributed by atoms with Gasteiger partial charge in [0.1, 0.15) is 6.04 Å². The van der Waals surface area contributed by atoms with Gasteiger partial charge >= 0.3 is 5.97 Å². The van der Waals surface area contributed by atoms with Crippen LogP contribution in [0.5, 0.6) is 0 Å². The highest BCUT2D eigenvalue weighted by Crippen LogP contribution is 2.00. The van der Waals surface area contributed by atoms with Gasteiger partial charge in [0.2, 0.25) is 0 Å². The van der Waals surface area contributed by atoms with Crippen LogP contribution in [0.25, 0.3) is 0 Å². The van der Waals surface area contributed by atoms with Crippen molar-refractivity contribution >= 4 is 5.97 Å². The van der Waals surface area contributed by atoms with E-state index in [9.17, 15) is 4.79 Å². The van der Waals surface area contributed by atoms with Gasteiger partial charge in [-0.1, -0.05) is 24.3 Å². The molecule has 0 aromatic rings. The summed E-state index contributed by atoms with van der Waals surface area (Å²) in [4.78, 5) is 10.4. The van der Waals surface area contributed by atoms with Crippen molar-refractivity contribution in [3.63, 3.8) is 0 Å².